The second-order valence-corrected chi connectivity index (χ2v) is 7.22. The fraction of sp³-hybridized carbons (Fsp3) is 0.381. The Hall–Kier alpha value is -2.97. The molecule has 8 heteroatoms. The average molecular weight is 396 g/mol. The quantitative estimate of drug-likeness (QED) is 0.826. The monoisotopic (exact) mass is 396 g/mol. The molecule has 1 aromatic carbocycles. The van der Waals surface area contributed by atoms with Crippen LogP contribution in [-0.2, 0) is 14.3 Å². The number of pyridine rings is 1. The molecule has 2 aliphatic rings. The van der Waals surface area contributed by atoms with Crippen LogP contribution in [-0.4, -0.2) is 53.8 Å². The SMILES string of the molecule is CC(=O)Nc1ccc(Nc2ccc(C(=O)N3CCC4(CC3)OCCO4)cn2)cc1. The summed E-state index contributed by atoms with van der Waals surface area (Å²) in [5.74, 6) is 0.00806. The minimum absolute atomic E-state index is 0.0310. The van der Waals surface area contributed by atoms with Crippen molar-refractivity contribution >= 4 is 29.0 Å². The second kappa shape index (κ2) is 8.18. The Balaban J connectivity index is 1.34. The van der Waals surface area contributed by atoms with Crippen LogP contribution in [0.3, 0.4) is 0 Å². The molecule has 2 aliphatic heterocycles. The van der Waals surface area contributed by atoms with Crippen molar-refractivity contribution in [2.24, 2.45) is 0 Å². The van der Waals surface area contributed by atoms with Gasteiger partial charge in [0.2, 0.25) is 5.91 Å². The van der Waals surface area contributed by atoms with Crippen molar-refractivity contribution < 1.29 is 19.1 Å². The van der Waals surface area contributed by atoms with Crippen LogP contribution in [0.2, 0.25) is 0 Å². The van der Waals surface area contributed by atoms with E-state index in [0.717, 1.165) is 11.4 Å². The number of likely N-dealkylation sites (tertiary alicyclic amines) is 1. The smallest absolute Gasteiger partial charge is 0.255 e. The number of nitrogens with zero attached hydrogens (tertiary/aromatic N) is 2. The lowest BCUT2D eigenvalue weighted by Crippen LogP contribution is -2.47. The lowest BCUT2D eigenvalue weighted by molar-refractivity contribution is -0.181. The minimum atomic E-state index is -0.488. The van der Waals surface area contributed by atoms with Gasteiger partial charge in [-0.2, -0.15) is 0 Å². The van der Waals surface area contributed by atoms with Crippen molar-refractivity contribution in [3.63, 3.8) is 0 Å². The van der Waals surface area contributed by atoms with E-state index >= 15 is 0 Å². The predicted molar refractivity (Wildman–Crippen MR) is 108 cm³/mol. The number of ether oxygens (including phenoxy) is 2. The maximum absolute atomic E-state index is 12.7. The Morgan fingerprint density at radius 1 is 1.00 bits per heavy atom. The van der Waals surface area contributed by atoms with Gasteiger partial charge >= 0.3 is 0 Å². The van der Waals surface area contributed by atoms with Gasteiger partial charge in [-0.1, -0.05) is 0 Å². The molecule has 0 atom stereocenters. The number of nitrogens with one attached hydrogen (secondary N) is 2. The van der Waals surface area contributed by atoms with E-state index in [1.54, 1.807) is 18.3 Å². The number of aromatic nitrogens is 1. The molecule has 152 valence electrons. The molecular weight excluding hydrogens is 372 g/mol. The van der Waals surface area contributed by atoms with E-state index in [9.17, 15) is 9.59 Å². The van der Waals surface area contributed by atoms with Crippen LogP contribution in [0, 0.1) is 0 Å². The van der Waals surface area contributed by atoms with Gasteiger partial charge in [-0.15, -0.1) is 0 Å². The van der Waals surface area contributed by atoms with Crippen LogP contribution < -0.4 is 10.6 Å². The largest absolute Gasteiger partial charge is 0.347 e. The summed E-state index contributed by atoms with van der Waals surface area (Å²) >= 11 is 0. The second-order valence-electron chi connectivity index (χ2n) is 7.22. The summed E-state index contributed by atoms with van der Waals surface area (Å²) in [5.41, 5.74) is 2.12. The molecule has 1 aromatic heterocycles. The number of carbonyl (C=O) groups excluding carboxylic acids is 2. The van der Waals surface area contributed by atoms with Crippen LogP contribution in [0.1, 0.15) is 30.1 Å². The predicted octanol–water partition coefficient (Wildman–Crippen LogP) is 2.76. The third kappa shape index (κ3) is 4.55. The van der Waals surface area contributed by atoms with Crippen molar-refractivity contribution in [3.05, 3.63) is 48.2 Å². The summed E-state index contributed by atoms with van der Waals surface area (Å²) in [6.07, 6.45) is 2.98. The molecule has 0 aliphatic carbocycles. The number of carbonyl (C=O) groups is 2. The van der Waals surface area contributed by atoms with E-state index in [1.807, 2.05) is 29.2 Å². The van der Waals surface area contributed by atoms with Gasteiger partial charge in [0.1, 0.15) is 5.82 Å². The first kappa shape index (κ1) is 19.4. The van der Waals surface area contributed by atoms with Gasteiger partial charge in [0, 0.05) is 50.4 Å². The summed E-state index contributed by atoms with van der Waals surface area (Å²) in [5, 5.41) is 5.90. The molecular formula is C21H24N4O4. The molecule has 2 N–H and O–H groups in total. The number of benzene rings is 1. The highest BCUT2D eigenvalue weighted by Crippen LogP contribution is 2.31. The average Bonchev–Trinajstić information content (AvgIpc) is 3.18. The highest BCUT2D eigenvalue weighted by molar-refractivity contribution is 5.94. The van der Waals surface area contributed by atoms with Crippen molar-refractivity contribution in [3.8, 4) is 0 Å². The van der Waals surface area contributed by atoms with Crippen molar-refractivity contribution in [1.29, 1.82) is 0 Å². The van der Waals surface area contributed by atoms with E-state index in [0.29, 0.717) is 50.5 Å². The summed E-state index contributed by atoms with van der Waals surface area (Å²) < 4.78 is 11.4. The molecule has 29 heavy (non-hydrogen) atoms. The first-order valence-electron chi connectivity index (χ1n) is 9.71. The normalized spacial score (nSPS) is 17.9. The zero-order valence-corrected chi connectivity index (χ0v) is 16.3. The van der Waals surface area contributed by atoms with Crippen LogP contribution in [0.4, 0.5) is 17.2 Å². The lowest BCUT2D eigenvalue weighted by Gasteiger charge is -2.37. The fourth-order valence-corrected chi connectivity index (χ4v) is 3.60. The molecule has 2 fully saturated rings. The van der Waals surface area contributed by atoms with E-state index in [-0.39, 0.29) is 11.8 Å². The van der Waals surface area contributed by atoms with Crippen LogP contribution >= 0.6 is 0 Å². The van der Waals surface area contributed by atoms with Crippen molar-refractivity contribution in [2.45, 2.75) is 25.6 Å². The van der Waals surface area contributed by atoms with E-state index in [2.05, 4.69) is 15.6 Å². The molecule has 2 amide bonds. The number of amides is 2. The van der Waals surface area contributed by atoms with Gasteiger partial charge < -0.3 is 25.0 Å². The summed E-state index contributed by atoms with van der Waals surface area (Å²) in [4.78, 5) is 30.0. The van der Waals surface area contributed by atoms with Crippen LogP contribution in [0.5, 0.6) is 0 Å². The molecule has 0 radical (unpaired) electrons. The first-order valence-corrected chi connectivity index (χ1v) is 9.71. The van der Waals surface area contributed by atoms with Gasteiger partial charge in [-0.3, -0.25) is 9.59 Å². The first-order chi connectivity index (χ1) is 14.0. The number of rotatable bonds is 4. The standard InChI is InChI=1S/C21H24N4O4/c1-15(26)23-17-3-5-18(6-4-17)24-19-7-2-16(14-22-19)20(27)25-10-8-21(9-11-25)28-12-13-29-21/h2-7,14H,8-13H2,1H3,(H,22,24)(H,23,26). The lowest BCUT2D eigenvalue weighted by atomic mass is 10.0. The molecule has 2 aromatic rings. The fourth-order valence-electron chi connectivity index (χ4n) is 3.60. The maximum atomic E-state index is 12.7. The van der Waals surface area contributed by atoms with Gasteiger partial charge in [-0.25, -0.2) is 4.98 Å². The number of anilines is 3. The third-order valence-corrected chi connectivity index (χ3v) is 5.11. The van der Waals surface area contributed by atoms with Crippen molar-refractivity contribution in [2.75, 3.05) is 36.9 Å². The molecule has 2 saturated heterocycles. The number of hydrogen-bond acceptors (Lipinski definition) is 6. The van der Waals surface area contributed by atoms with E-state index in [4.69, 9.17) is 9.47 Å². The summed E-state index contributed by atoms with van der Waals surface area (Å²) in [6.45, 7) is 3.95. The minimum Gasteiger partial charge on any atom is -0.347 e. The Morgan fingerprint density at radius 3 is 2.24 bits per heavy atom. The molecule has 1 spiro atoms. The zero-order chi connectivity index (χ0) is 20.3. The Morgan fingerprint density at radius 2 is 1.66 bits per heavy atom. The highest BCUT2D eigenvalue weighted by Gasteiger charge is 2.40. The van der Waals surface area contributed by atoms with E-state index < -0.39 is 5.79 Å². The van der Waals surface area contributed by atoms with Gasteiger partial charge in [0.05, 0.1) is 18.8 Å². The Kier molecular flexibility index (Phi) is 5.46. The maximum Gasteiger partial charge on any atom is 0.255 e. The molecule has 8 nitrogen and oxygen atoms in total. The topological polar surface area (TPSA) is 92.8 Å². The highest BCUT2D eigenvalue weighted by atomic mass is 16.7. The summed E-state index contributed by atoms with van der Waals surface area (Å²) in [6, 6.07) is 10.9. The molecule has 3 heterocycles. The molecule has 4 rings (SSSR count). The van der Waals surface area contributed by atoms with Crippen LogP contribution in [0.15, 0.2) is 42.6 Å². The molecule has 0 unspecified atom stereocenters. The Labute approximate surface area is 169 Å². The van der Waals surface area contributed by atoms with Gasteiger partial charge in [0.15, 0.2) is 5.79 Å². The van der Waals surface area contributed by atoms with Crippen LogP contribution in [0.25, 0.3) is 0 Å². The molecule has 0 bridgehead atoms. The third-order valence-electron chi connectivity index (χ3n) is 5.11. The zero-order valence-electron chi connectivity index (χ0n) is 16.3. The Bertz CT molecular complexity index is 867. The van der Waals surface area contributed by atoms with Gasteiger partial charge in [-0.05, 0) is 36.4 Å². The van der Waals surface area contributed by atoms with E-state index in [1.165, 1.54) is 6.92 Å². The summed E-state index contributed by atoms with van der Waals surface area (Å²) in [7, 11) is 0. The number of piperidine rings is 1. The number of hydrogen-bond donors (Lipinski definition) is 2. The van der Waals surface area contributed by atoms with Crippen molar-refractivity contribution in [1.82, 2.24) is 9.88 Å². The molecule has 0 saturated carbocycles. The van der Waals surface area contributed by atoms with Gasteiger partial charge in [0.25, 0.3) is 5.91 Å².